The normalized spacial score (nSPS) is 13.0. The number of amides is 2. The van der Waals surface area contributed by atoms with Crippen molar-refractivity contribution in [2.45, 2.75) is 51.3 Å². The number of carbonyl (C=O) groups excluding carboxylic acids is 2. The van der Waals surface area contributed by atoms with Crippen LogP contribution < -0.4 is 5.32 Å². The number of carboxylic acid groups (broad SMARTS) is 1. The zero-order valence-electron chi connectivity index (χ0n) is 18.4. The molecule has 0 aliphatic carbocycles. The lowest BCUT2D eigenvalue weighted by molar-refractivity contribution is -0.142. The van der Waals surface area contributed by atoms with Gasteiger partial charge < -0.3 is 15.2 Å². The molecule has 0 spiro atoms. The number of nitrogens with one attached hydrogen (secondary N) is 1. The molecule has 2 atom stereocenters. The Balaban J connectivity index is 2.22. The van der Waals surface area contributed by atoms with Crippen molar-refractivity contribution in [3.05, 3.63) is 71.8 Å². The van der Waals surface area contributed by atoms with Crippen molar-refractivity contribution in [2.75, 3.05) is 7.05 Å². The third-order valence-electron chi connectivity index (χ3n) is 4.62. The van der Waals surface area contributed by atoms with E-state index in [2.05, 4.69) is 5.32 Å². The Morgan fingerprint density at radius 2 is 1.42 bits per heavy atom. The van der Waals surface area contributed by atoms with E-state index in [9.17, 15) is 19.5 Å². The summed E-state index contributed by atoms with van der Waals surface area (Å²) < 4.78 is 5.41. The van der Waals surface area contributed by atoms with E-state index in [4.69, 9.17) is 4.74 Å². The van der Waals surface area contributed by atoms with Gasteiger partial charge in [0.25, 0.3) is 0 Å². The fourth-order valence-electron chi connectivity index (χ4n) is 3.02. The van der Waals surface area contributed by atoms with Gasteiger partial charge in [0.1, 0.15) is 17.7 Å². The molecule has 0 unspecified atom stereocenters. The molecule has 31 heavy (non-hydrogen) atoms. The summed E-state index contributed by atoms with van der Waals surface area (Å²) in [6.07, 6.45) is -0.297. The van der Waals surface area contributed by atoms with Gasteiger partial charge in [-0.3, -0.25) is 9.69 Å². The smallest absolute Gasteiger partial charge is 0.410 e. The number of nitrogens with zero attached hydrogens (tertiary/aromatic N) is 1. The van der Waals surface area contributed by atoms with Gasteiger partial charge in [-0.1, -0.05) is 60.7 Å². The number of aliphatic carboxylic acids is 1. The summed E-state index contributed by atoms with van der Waals surface area (Å²) in [6, 6.07) is 16.2. The van der Waals surface area contributed by atoms with Crippen molar-refractivity contribution in [3.63, 3.8) is 0 Å². The average molecular weight is 427 g/mol. The first-order valence-corrected chi connectivity index (χ1v) is 10.1. The van der Waals surface area contributed by atoms with Crippen LogP contribution in [-0.4, -0.2) is 52.7 Å². The Hall–Kier alpha value is -3.35. The second-order valence-corrected chi connectivity index (χ2v) is 8.39. The topological polar surface area (TPSA) is 95.9 Å². The number of hydrogen-bond acceptors (Lipinski definition) is 4. The largest absolute Gasteiger partial charge is 0.480 e. The zero-order valence-corrected chi connectivity index (χ0v) is 18.4. The molecule has 0 aliphatic heterocycles. The van der Waals surface area contributed by atoms with E-state index in [-0.39, 0.29) is 12.8 Å². The van der Waals surface area contributed by atoms with Crippen LogP contribution in [-0.2, 0) is 27.2 Å². The lowest BCUT2D eigenvalue weighted by atomic mass is 10.0. The van der Waals surface area contributed by atoms with Gasteiger partial charge in [-0.05, 0) is 31.9 Å². The fraction of sp³-hybridized carbons (Fsp3) is 0.375. The van der Waals surface area contributed by atoms with Gasteiger partial charge in [-0.15, -0.1) is 0 Å². The SMILES string of the molecule is CN(C(=O)OC(C)(C)C)[C@@H](Cc1ccccc1)C(=O)N[C@@H](Cc1ccccc1)C(=O)O. The molecule has 7 heteroatoms. The number of likely N-dealkylation sites (N-methyl/N-ethyl adjacent to an activating group) is 1. The minimum Gasteiger partial charge on any atom is -0.480 e. The van der Waals surface area contributed by atoms with Crippen molar-refractivity contribution in [1.29, 1.82) is 0 Å². The van der Waals surface area contributed by atoms with Crippen molar-refractivity contribution in [3.8, 4) is 0 Å². The number of carbonyl (C=O) groups is 3. The molecule has 0 saturated carbocycles. The molecular formula is C24H30N2O5. The van der Waals surface area contributed by atoms with Crippen LogP contribution in [0.3, 0.4) is 0 Å². The van der Waals surface area contributed by atoms with Crippen LogP contribution in [0.2, 0.25) is 0 Å². The molecule has 0 aromatic heterocycles. The highest BCUT2D eigenvalue weighted by Crippen LogP contribution is 2.15. The Bertz CT molecular complexity index is 878. The van der Waals surface area contributed by atoms with Gasteiger partial charge in [0.05, 0.1) is 0 Å². The molecule has 0 radical (unpaired) electrons. The van der Waals surface area contributed by atoms with E-state index in [1.807, 2.05) is 48.5 Å². The molecule has 0 bridgehead atoms. The summed E-state index contributed by atoms with van der Waals surface area (Å²) in [5, 5.41) is 12.2. The molecule has 0 saturated heterocycles. The van der Waals surface area contributed by atoms with E-state index < -0.39 is 35.7 Å². The first kappa shape index (κ1) is 23.9. The van der Waals surface area contributed by atoms with Crippen molar-refractivity contribution in [1.82, 2.24) is 10.2 Å². The molecular weight excluding hydrogens is 396 g/mol. The molecule has 166 valence electrons. The molecule has 2 aromatic rings. The van der Waals surface area contributed by atoms with E-state index in [1.165, 1.54) is 11.9 Å². The standard InChI is InChI=1S/C24H30N2O5/c1-24(2,3)31-23(30)26(4)20(16-18-13-9-6-10-14-18)21(27)25-19(22(28)29)15-17-11-7-5-8-12-17/h5-14,19-20H,15-16H2,1-4H3,(H,25,27)(H,28,29)/t19-,20-/m0/s1. The highest BCUT2D eigenvalue weighted by molar-refractivity contribution is 5.89. The number of rotatable bonds is 8. The highest BCUT2D eigenvalue weighted by Gasteiger charge is 2.32. The first-order valence-electron chi connectivity index (χ1n) is 10.1. The van der Waals surface area contributed by atoms with Crippen molar-refractivity contribution < 1.29 is 24.2 Å². The van der Waals surface area contributed by atoms with Crippen molar-refractivity contribution in [2.24, 2.45) is 0 Å². The zero-order chi connectivity index (χ0) is 23.0. The molecule has 0 fully saturated rings. The number of hydrogen-bond donors (Lipinski definition) is 2. The molecule has 7 nitrogen and oxygen atoms in total. The quantitative estimate of drug-likeness (QED) is 0.675. The van der Waals surface area contributed by atoms with E-state index in [1.54, 1.807) is 32.9 Å². The number of benzene rings is 2. The minimum absolute atomic E-state index is 0.135. The Morgan fingerprint density at radius 1 is 0.935 bits per heavy atom. The van der Waals surface area contributed by atoms with Crippen LogP contribution in [0.1, 0.15) is 31.9 Å². The maximum atomic E-state index is 13.1. The summed E-state index contributed by atoms with van der Waals surface area (Å²) in [5.41, 5.74) is 0.902. The summed E-state index contributed by atoms with van der Waals surface area (Å²) in [7, 11) is 1.48. The Labute approximate surface area is 183 Å². The van der Waals surface area contributed by atoms with Gasteiger partial charge in [-0.25, -0.2) is 9.59 Å². The van der Waals surface area contributed by atoms with Crippen molar-refractivity contribution >= 4 is 18.0 Å². The molecule has 0 heterocycles. The van der Waals surface area contributed by atoms with Crippen LogP contribution in [0.25, 0.3) is 0 Å². The van der Waals surface area contributed by atoms with Gasteiger partial charge in [0.2, 0.25) is 5.91 Å². The first-order chi connectivity index (χ1) is 14.6. The summed E-state index contributed by atoms with van der Waals surface area (Å²) >= 11 is 0. The number of ether oxygens (including phenoxy) is 1. The number of carboxylic acids is 1. The summed E-state index contributed by atoms with van der Waals surface area (Å²) in [4.78, 5) is 38.8. The fourth-order valence-corrected chi connectivity index (χ4v) is 3.02. The van der Waals surface area contributed by atoms with Crippen LogP contribution in [0.4, 0.5) is 4.79 Å². The van der Waals surface area contributed by atoms with Gasteiger partial charge in [0.15, 0.2) is 0 Å². The predicted molar refractivity (Wildman–Crippen MR) is 118 cm³/mol. The lowest BCUT2D eigenvalue weighted by Crippen LogP contribution is -2.54. The second-order valence-electron chi connectivity index (χ2n) is 8.39. The molecule has 0 aliphatic rings. The van der Waals surface area contributed by atoms with Gasteiger partial charge in [0, 0.05) is 19.9 Å². The Morgan fingerprint density at radius 3 is 1.87 bits per heavy atom. The maximum absolute atomic E-state index is 13.1. The van der Waals surface area contributed by atoms with Gasteiger partial charge in [-0.2, -0.15) is 0 Å². The second kappa shape index (κ2) is 10.6. The summed E-state index contributed by atoms with van der Waals surface area (Å²) in [6.45, 7) is 5.22. The van der Waals surface area contributed by atoms with Crippen LogP contribution in [0.15, 0.2) is 60.7 Å². The van der Waals surface area contributed by atoms with Crippen LogP contribution >= 0.6 is 0 Å². The van der Waals surface area contributed by atoms with E-state index in [0.717, 1.165) is 11.1 Å². The van der Waals surface area contributed by atoms with Crippen LogP contribution in [0, 0.1) is 0 Å². The summed E-state index contributed by atoms with van der Waals surface area (Å²) in [5.74, 6) is -1.70. The molecule has 2 N–H and O–H groups in total. The Kier molecular flexibility index (Phi) is 8.19. The highest BCUT2D eigenvalue weighted by atomic mass is 16.6. The molecule has 2 aromatic carbocycles. The third kappa shape index (κ3) is 7.77. The minimum atomic E-state index is -1.14. The maximum Gasteiger partial charge on any atom is 0.410 e. The predicted octanol–water partition coefficient (Wildman–Crippen LogP) is 3.28. The van der Waals surface area contributed by atoms with Crippen LogP contribution in [0.5, 0.6) is 0 Å². The monoisotopic (exact) mass is 426 g/mol. The third-order valence-corrected chi connectivity index (χ3v) is 4.62. The molecule has 2 amide bonds. The van der Waals surface area contributed by atoms with E-state index >= 15 is 0 Å². The van der Waals surface area contributed by atoms with Gasteiger partial charge >= 0.3 is 12.1 Å². The average Bonchev–Trinajstić information content (AvgIpc) is 2.71. The lowest BCUT2D eigenvalue weighted by Gasteiger charge is -2.31. The molecule has 2 rings (SSSR count). The van der Waals surface area contributed by atoms with E-state index in [0.29, 0.717) is 0 Å².